The molecule has 0 bridgehead atoms. The summed E-state index contributed by atoms with van der Waals surface area (Å²) >= 11 is 2.17. The van der Waals surface area contributed by atoms with Gasteiger partial charge in [-0.2, -0.15) is 0 Å². The lowest BCUT2D eigenvalue weighted by Gasteiger charge is -2.37. The molecule has 2 heteroatoms. The van der Waals surface area contributed by atoms with Crippen molar-refractivity contribution >= 4 is 11.8 Å². The highest BCUT2D eigenvalue weighted by Gasteiger charge is 2.40. The first-order valence-electron chi connectivity index (χ1n) is 5.71. The standard InChI is InChI=1S/C13H17NS/c1-14-8-6-13(7-9-14)12-5-3-2-4-11(12)10-15-13/h2-5H,6-10H2,1H3. The fourth-order valence-electron chi connectivity index (χ4n) is 2.78. The zero-order chi connectivity index (χ0) is 10.3. The molecular weight excluding hydrogens is 202 g/mol. The van der Waals surface area contributed by atoms with Crippen LogP contribution < -0.4 is 0 Å². The third kappa shape index (κ3) is 1.51. The van der Waals surface area contributed by atoms with Crippen LogP contribution in [0.3, 0.4) is 0 Å². The van der Waals surface area contributed by atoms with Crippen molar-refractivity contribution in [1.29, 1.82) is 0 Å². The monoisotopic (exact) mass is 219 g/mol. The fraction of sp³-hybridized carbons (Fsp3) is 0.538. The lowest BCUT2D eigenvalue weighted by molar-refractivity contribution is 0.241. The van der Waals surface area contributed by atoms with Gasteiger partial charge in [0.25, 0.3) is 0 Å². The Morgan fingerprint density at radius 1 is 1.20 bits per heavy atom. The summed E-state index contributed by atoms with van der Waals surface area (Å²) in [5.74, 6) is 1.22. The van der Waals surface area contributed by atoms with Crippen LogP contribution in [0.5, 0.6) is 0 Å². The highest BCUT2D eigenvalue weighted by Crippen LogP contribution is 2.52. The minimum Gasteiger partial charge on any atom is -0.306 e. The number of hydrogen-bond donors (Lipinski definition) is 0. The highest BCUT2D eigenvalue weighted by molar-refractivity contribution is 7.99. The molecule has 80 valence electrons. The van der Waals surface area contributed by atoms with Crippen LogP contribution in [0, 0.1) is 0 Å². The summed E-state index contributed by atoms with van der Waals surface area (Å²) in [6, 6.07) is 9.02. The Kier molecular flexibility index (Phi) is 2.29. The Balaban J connectivity index is 1.95. The second-order valence-corrected chi connectivity index (χ2v) is 6.10. The van der Waals surface area contributed by atoms with E-state index in [0.717, 1.165) is 0 Å². The summed E-state index contributed by atoms with van der Waals surface area (Å²) in [6.07, 6.45) is 2.65. The third-order valence-electron chi connectivity index (χ3n) is 3.81. The SMILES string of the molecule is CN1CCC2(CC1)SCc1ccccc12. The molecule has 1 aromatic carbocycles. The third-order valence-corrected chi connectivity index (χ3v) is 5.44. The molecule has 1 nitrogen and oxygen atoms in total. The second kappa shape index (κ2) is 3.53. The fourth-order valence-corrected chi connectivity index (χ4v) is 4.29. The maximum atomic E-state index is 2.45. The number of fused-ring (bicyclic) bond motifs is 2. The van der Waals surface area contributed by atoms with Crippen LogP contribution >= 0.6 is 11.8 Å². The molecule has 1 saturated heterocycles. The molecule has 2 aliphatic heterocycles. The summed E-state index contributed by atoms with van der Waals surface area (Å²) in [5, 5.41) is 0. The Morgan fingerprint density at radius 2 is 1.93 bits per heavy atom. The van der Waals surface area contributed by atoms with Crippen molar-refractivity contribution in [3.8, 4) is 0 Å². The molecule has 1 spiro atoms. The van der Waals surface area contributed by atoms with E-state index < -0.39 is 0 Å². The zero-order valence-electron chi connectivity index (χ0n) is 9.20. The Hall–Kier alpha value is -0.470. The largest absolute Gasteiger partial charge is 0.306 e. The van der Waals surface area contributed by atoms with Crippen LogP contribution in [0.4, 0.5) is 0 Å². The van der Waals surface area contributed by atoms with E-state index >= 15 is 0 Å². The first-order chi connectivity index (χ1) is 7.30. The summed E-state index contributed by atoms with van der Waals surface area (Å²) in [4.78, 5) is 2.45. The predicted octanol–water partition coefficient (Wildman–Crippen LogP) is 2.85. The van der Waals surface area contributed by atoms with Gasteiger partial charge in [0.2, 0.25) is 0 Å². The van der Waals surface area contributed by atoms with E-state index in [1.165, 1.54) is 31.7 Å². The number of piperidine rings is 1. The van der Waals surface area contributed by atoms with Crippen molar-refractivity contribution in [3.63, 3.8) is 0 Å². The highest BCUT2D eigenvalue weighted by atomic mass is 32.2. The van der Waals surface area contributed by atoms with Gasteiger partial charge in [-0.15, -0.1) is 11.8 Å². The molecule has 0 aliphatic carbocycles. The molecule has 3 rings (SSSR count). The van der Waals surface area contributed by atoms with E-state index in [1.54, 1.807) is 11.1 Å². The van der Waals surface area contributed by atoms with Crippen molar-refractivity contribution in [1.82, 2.24) is 4.90 Å². The average Bonchev–Trinajstić information content (AvgIpc) is 2.63. The topological polar surface area (TPSA) is 3.24 Å². The summed E-state index contributed by atoms with van der Waals surface area (Å²) in [7, 11) is 2.23. The number of hydrogen-bond acceptors (Lipinski definition) is 2. The molecule has 15 heavy (non-hydrogen) atoms. The van der Waals surface area contributed by atoms with Crippen molar-refractivity contribution in [3.05, 3.63) is 35.4 Å². The number of likely N-dealkylation sites (tertiary alicyclic amines) is 1. The van der Waals surface area contributed by atoms with Crippen LogP contribution in [0.1, 0.15) is 24.0 Å². The zero-order valence-corrected chi connectivity index (χ0v) is 10.0. The number of thioether (sulfide) groups is 1. The van der Waals surface area contributed by atoms with Gasteiger partial charge in [-0.1, -0.05) is 24.3 Å². The van der Waals surface area contributed by atoms with Gasteiger partial charge >= 0.3 is 0 Å². The van der Waals surface area contributed by atoms with Crippen molar-refractivity contribution < 1.29 is 0 Å². The first-order valence-corrected chi connectivity index (χ1v) is 6.70. The maximum Gasteiger partial charge on any atom is 0.0439 e. The van der Waals surface area contributed by atoms with Gasteiger partial charge < -0.3 is 4.90 Å². The molecule has 0 saturated carbocycles. The van der Waals surface area contributed by atoms with E-state index in [9.17, 15) is 0 Å². The quantitative estimate of drug-likeness (QED) is 0.660. The smallest absolute Gasteiger partial charge is 0.0439 e. The van der Waals surface area contributed by atoms with Gasteiger partial charge in [0.1, 0.15) is 0 Å². The minimum atomic E-state index is 0.461. The maximum absolute atomic E-state index is 2.45. The number of benzene rings is 1. The van der Waals surface area contributed by atoms with Crippen LogP contribution in [0.15, 0.2) is 24.3 Å². The van der Waals surface area contributed by atoms with E-state index in [-0.39, 0.29) is 0 Å². The molecule has 1 fully saturated rings. The Bertz CT molecular complexity index is 367. The molecule has 0 amide bonds. The molecule has 0 atom stereocenters. The summed E-state index contributed by atoms with van der Waals surface area (Å²) < 4.78 is 0.461. The summed E-state index contributed by atoms with van der Waals surface area (Å²) in [5.41, 5.74) is 3.20. The molecule has 0 radical (unpaired) electrons. The molecular formula is C13H17NS. The average molecular weight is 219 g/mol. The summed E-state index contributed by atoms with van der Waals surface area (Å²) in [6.45, 7) is 2.50. The van der Waals surface area contributed by atoms with E-state index in [4.69, 9.17) is 0 Å². The normalized spacial score (nSPS) is 24.3. The van der Waals surface area contributed by atoms with Gasteiger partial charge in [0.05, 0.1) is 0 Å². The second-order valence-electron chi connectivity index (χ2n) is 4.74. The molecule has 2 aliphatic rings. The van der Waals surface area contributed by atoms with Crippen LogP contribution in [0.25, 0.3) is 0 Å². The van der Waals surface area contributed by atoms with Crippen molar-refractivity contribution in [2.75, 3.05) is 20.1 Å². The van der Waals surface area contributed by atoms with E-state index in [1.807, 2.05) is 0 Å². The van der Waals surface area contributed by atoms with Crippen molar-refractivity contribution in [2.45, 2.75) is 23.3 Å². The Morgan fingerprint density at radius 3 is 2.73 bits per heavy atom. The van der Waals surface area contributed by atoms with Gasteiger partial charge in [0, 0.05) is 10.5 Å². The van der Waals surface area contributed by atoms with Gasteiger partial charge in [-0.3, -0.25) is 0 Å². The van der Waals surface area contributed by atoms with Crippen molar-refractivity contribution in [2.24, 2.45) is 0 Å². The molecule has 0 unspecified atom stereocenters. The molecule has 0 aromatic heterocycles. The number of nitrogens with zero attached hydrogens (tertiary/aromatic N) is 1. The number of rotatable bonds is 0. The molecule has 2 heterocycles. The van der Waals surface area contributed by atoms with Crippen LogP contribution in [0.2, 0.25) is 0 Å². The van der Waals surface area contributed by atoms with Crippen LogP contribution in [-0.2, 0) is 10.5 Å². The van der Waals surface area contributed by atoms with E-state index in [0.29, 0.717) is 4.75 Å². The van der Waals surface area contributed by atoms with Gasteiger partial charge in [0.15, 0.2) is 0 Å². The minimum absolute atomic E-state index is 0.461. The Labute approximate surface area is 95.9 Å². The molecule has 0 N–H and O–H groups in total. The molecule has 1 aromatic rings. The predicted molar refractivity (Wildman–Crippen MR) is 66.1 cm³/mol. The van der Waals surface area contributed by atoms with Gasteiger partial charge in [-0.25, -0.2) is 0 Å². The van der Waals surface area contributed by atoms with Crippen LogP contribution in [-0.4, -0.2) is 25.0 Å². The first kappa shape index (κ1) is 9.73. The van der Waals surface area contributed by atoms with Gasteiger partial charge in [-0.05, 0) is 44.1 Å². The van der Waals surface area contributed by atoms with E-state index in [2.05, 4.69) is 48.0 Å². The lowest BCUT2D eigenvalue weighted by Crippen LogP contribution is -2.37. The lowest BCUT2D eigenvalue weighted by atomic mass is 9.86.